The van der Waals surface area contributed by atoms with Crippen molar-refractivity contribution in [2.75, 3.05) is 19.7 Å². The van der Waals surface area contributed by atoms with E-state index < -0.39 is 0 Å². The van der Waals surface area contributed by atoms with Gasteiger partial charge in [0.1, 0.15) is 0 Å². The molecule has 3 heteroatoms. The third-order valence-corrected chi connectivity index (χ3v) is 2.80. The van der Waals surface area contributed by atoms with Crippen LogP contribution in [0, 0.1) is 5.41 Å². The van der Waals surface area contributed by atoms with Gasteiger partial charge in [-0.2, -0.15) is 0 Å². The van der Waals surface area contributed by atoms with Gasteiger partial charge in [0.15, 0.2) is 5.78 Å². The number of carbonyl (C=O) groups excluding carboxylic acids is 1. The Labute approximate surface area is 78.1 Å². The maximum absolute atomic E-state index is 11.9. The number of hydrogen-bond acceptors (Lipinski definition) is 3. The highest BCUT2D eigenvalue weighted by molar-refractivity contribution is 6.00. The highest BCUT2D eigenvalue weighted by Gasteiger charge is 2.40. The van der Waals surface area contributed by atoms with Gasteiger partial charge in [-0.25, -0.2) is 0 Å². The number of ether oxygens (including phenoxy) is 1. The van der Waals surface area contributed by atoms with Crippen LogP contribution in [0.15, 0.2) is 11.8 Å². The Morgan fingerprint density at radius 3 is 2.85 bits per heavy atom. The number of ketones is 1. The average molecular weight is 181 g/mol. The summed E-state index contributed by atoms with van der Waals surface area (Å²) in [6, 6.07) is 0. The minimum atomic E-state index is -0.160. The zero-order valence-electron chi connectivity index (χ0n) is 7.93. The SMILES string of the molecule is CC1(C(=O)C2=COCCC2)CNC1. The molecule has 2 aliphatic rings. The molecular formula is C10H15NO2. The molecule has 0 atom stereocenters. The zero-order valence-corrected chi connectivity index (χ0v) is 7.93. The molecule has 0 aromatic carbocycles. The van der Waals surface area contributed by atoms with Gasteiger partial charge in [-0.1, -0.05) is 0 Å². The number of carbonyl (C=O) groups is 1. The monoisotopic (exact) mass is 181 g/mol. The molecule has 0 saturated carbocycles. The van der Waals surface area contributed by atoms with Crippen molar-refractivity contribution < 1.29 is 9.53 Å². The molecule has 2 heterocycles. The predicted molar refractivity (Wildman–Crippen MR) is 49.3 cm³/mol. The summed E-state index contributed by atoms with van der Waals surface area (Å²) in [5.74, 6) is 0.269. The first-order valence-electron chi connectivity index (χ1n) is 4.78. The van der Waals surface area contributed by atoms with E-state index in [-0.39, 0.29) is 11.2 Å². The van der Waals surface area contributed by atoms with Crippen LogP contribution in [0.5, 0.6) is 0 Å². The van der Waals surface area contributed by atoms with Crippen LogP contribution >= 0.6 is 0 Å². The van der Waals surface area contributed by atoms with E-state index in [1.54, 1.807) is 6.26 Å². The molecule has 0 aliphatic carbocycles. The quantitative estimate of drug-likeness (QED) is 0.686. The lowest BCUT2D eigenvalue weighted by molar-refractivity contribution is -0.127. The van der Waals surface area contributed by atoms with Gasteiger partial charge in [-0.3, -0.25) is 4.79 Å². The normalized spacial score (nSPS) is 25.5. The van der Waals surface area contributed by atoms with Crippen LogP contribution in [0.3, 0.4) is 0 Å². The summed E-state index contributed by atoms with van der Waals surface area (Å²) in [6.07, 6.45) is 3.50. The first-order valence-corrected chi connectivity index (χ1v) is 4.78. The average Bonchev–Trinajstić information content (AvgIpc) is 2.14. The molecule has 2 rings (SSSR count). The van der Waals surface area contributed by atoms with Crippen LogP contribution in [0.25, 0.3) is 0 Å². The molecule has 0 spiro atoms. The summed E-state index contributed by atoms with van der Waals surface area (Å²) in [6.45, 7) is 4.39. The highest BCUT2D eigenvalue weighted by Crippen LogP contribution is 2.29. The van der Waals surface area contributed by atoms with Crippen LogP contribution < -0.4 is 5.32 Å². The Morgan fingerprint density at radius 2 is 2.38 bits per heavy atom. The smallest absolute Gasteiger partial charge is 0.170 e. The number of hydrogen-bond donors (Lipinski definition) is 1. The maximum Gasteiger partial charge on any atom is 0.170 e. The van der Waals surface area contributed by atoms with Gasteiger partial charge in [0.25, 0.3) is 0 Å². The van der Waals surface area contributed by atoms with E-state index >= 15 is 0 Å². The number of Topliss-reactive ketones (excluding diaryl/α,β-unsaturated/α-hetero) is 1. The van der Waals surface area contributed by atoms with E-state index in [0.717, 1.165) is 38.1 Å². The molecule has 13 heavy (non-hydrogen) atoms. The molecule has 72 valence electrons. The Bertz CT molecular complexity index is 254. The molecule has 1 saturated heterocycles. The lowest BCUT2D eigenvalue weighted by Gasteiger charge is -2.38. The molecule has 0 aromatic heterocycles. The van der Waals surface area contributed by atoms with Crippen molar-refractivity contribution >= 4 is 5.78 Å². The minimum absolute atomic E-state index is 0.160. The summed E-state index contributed by atoms with van der Waals surface area (Å²) in [7, 11) is 0. The van der Waals surface area contributed by atoms with Crippen molar-refractivity contribution in [3.8, 4) is 0 Å². The van der Waals surface area contributed by atoms with E-state index in [1.165, 1.54) is 0 Å². The van der Waals surface area contributed by atoms with Gasteiger partial charge in [0.05, 0.1) is 18.3 Å². The third kappa shape index (κ3) is 1.48. The molecule has 2 aliphatic heterocycles. The van der Waals surface area contributed by atoms with Crippen LogP contribution in [0.4, 0.5) is 0 Å². The van der Waals surface area contributed by atoms with Gasteiger partial charge in [-0.15, -0.1) is 0 Å². The number of allylic oxidation sites excluding steroid dienone is 1. The fraction of sp³-hybridized carbons (Fsp3) is 0.700. The summed E-state index contributed by atoms with van der Waals surface area (Å²) in [4.78, 5) is 11.9. The first kappa shape index (κ1) is 8.75. The minimum Gasteiger partial charge on any atom is -0.501 e. The van der Waals surface area contributed by atoms with E-state index in [1.807, 2.05) is 6.92 Å². The summed E-state index contributed by atoms with van der Waals surface area (Å²) in [5, 5.41) is 3.13. The van der Waals surface area contributed by atoms with Gasteiger partial charge in [-0.05, 0) is 19.8 Å². The largest absolute Gasteiger partial charge is 0.501 e. The summed E-state index contributed by atoms with van der Waals surface area (Å²) < 4.78 is 5.16. The highest BCUT2D eigenvalue weighted by atomic mass is 16.5. The first-order chi connectivity index (χ1) is 6.22. The van der Waals surface area contributed by atoms with Crippen molar-refractivity contribution in [2.45, 2.75) is 19.8 Å². The lowest BCUT2D eigenvalue weighted by atomic mass is 9.76. The van der Waals surface area contributed by atoms with Crippen LogP contribution in [-0.4, -0.2) is 25.5 Å². The van der Waals surface area contributed by atoms with Crippen molar-refractivity contribution in [1.82, 2.24) is 5.32 Å². The third-order valence-electron chi connectivity index (χ3n) is 2.80. The van der Waals surface area contributed by atoms with Crippen LogP contribution in [0.2, 0.25) is 0 Å². The summed E-state index contributed by atoms with van der Waals surface area (Å²) in [5.41, 5.74) is 0.710. The van der Waals surface area contributed by atoms with E-state index in [2.05, 4.69) is 5.32 Å². The second-order valence-electron chi connectivity index (χ2n) is 4.11. The summed E-state index contributed by atoms with van der Waals surface area (Å²) >= 11 is 0. The number of nitrogens with one attached hydrogen (secondary N) is 1. The fourth-order valence-electron chi connectivity index (χ4n) is 1.78. The van der Waals surface area contributed by atoms with Crippen LogP contribution in [-0.2, 0) is 9.53 Å². The zero-order chi connectivity index (χ0) is 9.31. The lowest BCUT2D eigenvalue weighted by Crippen LogP contribution is -2.56. The number of rotatable bonds is 2. The molecule has 0 aromatic rings. The standard InChI is InChI=1S/C10H15NO2/c1-10(6-11-7-10)9(12)8-3-2-4-13-5-8/h5,11H,2-4,6-7H2,1H3. The Balaban J connectivity index is 2.07. The van der Waals surface area contributed by atoms with E-state index in [4.69, 9.17) is 4.74 Å². The molecular weight excluding hydrogens is 166 g/mol. The second-order valence-corrected chi connectivity index (χ2v) is 4.11. The van der Waals surface area contributed by atoms with Gasteiger partial charge < -0.3 is 10.1 Å². The Hall–Kier alpha value is -0.830. The van der Waals surface area contributed by atoms with E-state index in [0.29, 0.717) is 0 Å². The molecule has 1 fully saturated rings. The predicted octanol–water partition coefficient (Wildman–Crippen LogP) is 0.859. The van der Waals surface area contributed by atoms with Crippen molar-refractivity contribution in [3.05, 3.63) is 11.8 Å². The van der Waals surface area contributed by atoms with Gasteiger partial charge >= 0.3 is 0 Å². The molecule has 0 radical (unpaired) electrons. The topological polar surface area (TPSA) is 38.3 Å². The van der Waals surface area contributed by atoms with E-state index in [9.17, 15) is 4.79 Å². The maximum atomic E-state index is 11.9. The van der Waals surface area contributed by atoms with Crippen molar-refractivity contribution in [1.29, 1.82) is 0 Å². The fourth-order valence-corrected chi connectivity index (χ4v) is 1.78. The van der Waals surface area contributed by atoms with Gasteiger partial charge in [0, 0.05) is 18.7 Å². The second kappa shape index (κ2) is 3.14. The molecule has 3 nitrogen and oxygen atoms in total. The molecule has 1 N–H and O–H groups in total. The van der Waals surface area contributed by atoms with Crippen molar-refractivity contribution in [2.24, 2.45) is 5.41 Å². The molecule has 0 amide bonds. The Kier molecular flexibility index (Phi) is 2.12. The molecule has 0 unspecified atom stereocenters. The molecule has 0 bridgehead atoms. The van der Waals surface area contributed by atoms with Crippen molar-refractivity contribution in [3.63, 3.8) is 0 Å². The van der Waals surface area contributed by atoms with Crippen LogP contribution in [0.1, 0.15) is 19.8 Å². The Morgan fingerprint density at radius 1 is 1.62 bits per heavy atom. The van der Waals surface area contributed by atoms with Gasteiger partial charge in [0.2, 0.25) is 0 Å².